The first-order valence-corrected chi connectivity index (χ1v) is 7.87. The van der Waals surface area contributed by atoms with Crippen molar-refractivity contribution in [3.63, 3.8) is 0 Å². The van der Waals surface area contributed by atoms with E-state index in [1.807, 2.05) is 0 Å². The van der Waals surface area contributed by atoms with Gasteiger partial charge >= 0.3 is 6.18 Å². The maximum atomic E-state index is 13.3. The molecular weight excluding hydrogens is 335 g/mol. The molecule has 0 radical (unpaired) electrons. The number of aliphatic hydroxyl groups is 1. The minimum absolute atomic E-state index is 0.294. The van der Waals surface area contributed by atoms with E-state index in [1.165, 1.54) is 29.9 Å². The van der Waals surface area contributed by atoms with E-state index in [1.54, 1.807) is 4.72 Å². The standard InChI is InChI=1S/C13H14F3N3O3S/c1-19-8-11(7-17-19)23(21,22)18-9-12(20,13(14,15)16)10-5-3-2-4-6-10/h2-8,18,20H,9H2,1H3/t12-/m0/s1. The van der Waals surface area contributed by atoms with E-state index < -0.39 is 33.9 Å². The molecule has 0 fully saturated rings. The maximum Gasteiger partial charge on any atom is 0.422 e. The van der Waals surface area contributed by atoms with Crippen molar-refractivity contribution >= 4 is 10.0 Å². The van der Waals surface area contributed by atoms with Crippen LogP contribution in [-0.4, -0.2) is 36.0 Å². The van der Waals surface area contributed by atoms with Crippen LogP contribution in [0.15, 0.2) is 47.6 Å². The van der Waals surface area contributed by atoms with Gasteiger partial charge in [-0.2, -0.15) is 18.3 Å². The van der Waals surface area contributed by atoms with Gasteiger partial charge < -0.3 is 5.11 Å². The second-order valence-corrected chi connectivity index (χ2v) is 6.67. The number of benzene rings is 1. The molecule has 0 spiro atoms. The molecule has 1 heterocycles. The molecular formula is C13H14F3N3O3S. The van der Waals surface area contributed by atoms with Crippen molar-refractivity contribution in [2.24, 2.45) is 7.05 Å². The van der Waals surface area contributed by atoms with Gasteiger partial charge in [-0.25, -0.2) is 13.1 Å². The lowest BCUT2D eigenvalue weighted by molar-refractivity contribution is -0.263. The van der Waals surface area contributed by atoms with Gasteiger partial charge in [0.25, 0.3) is 0 Å². The number of rotatable bonds is 5. The zero-order valence-electron chi connectivity index (χ0n) is 11.9. The normalized spacial score (nSPS) is 15.3. The lowest BCUT2D eigenvalue weighted by atomic mass is 9.93. The molecule has 0 saturated carbocycles. The monoisotopic (exact) mass is 349 g/mol. The third-order valence-electron chi connectivity index (χ3n) is 3.23. The highest BCUT2D eigenvalue weighted by Gasteiger charge is 2.55. The first-order chi connectivity index (χ1) is 10.6. The summed E-state index contributed by atoms with van der Waals surface area (Å²) in [5.74, 6) is 0. The Balaban J connectivity index is 2.30. The number of aromatic nitrogens is 2. The van der Waals surface area contributed by atoms with Crippen molar-refractivity contribution in [1.82, 2.24) is 14.5 Å². The molecule has 2 rings (SSSR count). The number of aryl methyl sites for hydroxylation is 1. The van der Waals surface area contributed by atoms with Crippen LogP contribution in [0.4, 0.5) is 13.2 Å². The summed E-state index contributed by atoms with van der Waals surface area (Å²) in [5.41, 5.74) is -3.80. The molecule has 1 aromatic heterocycles. The number of nitrogens with zero attached hydrogens (tertiary/aromatic N) is 2. The number of hydrogen-bond donors (Lipinski definition) is 2. The lowest BCUT2D eigenvalue weighted by Gasteiger charge is -2.31. The molecule has 0 saturated heterocycles. The van der Waals surface area contributed by atoms with Crippen LogP contribution in [0.25, 0.3) is 0 Å². The smallest absolute Gasteiger partial charge is 0.375 e. The summed E-state index contributed by atoms with van der Waals surface area (Å²) in [5, 5.41) is 13.7. The van der Waals surface area contributed by atoms with Gasteiger partial charge in [0.05, 0.1) is 12.7 Å². The highest BCUT2D eigenvalue weighted by molar-refractivity contribution is 7.89. The maximum absolute atomic E-state index is 13.3. The van der Waals surface area contributed by atoms with Gasteiger partial charge in [0, 0.05) is 13.2 Å². The molecule has 2 N–H and O–H groups in total. The Kier molecular flexibility index (Phi) is 4.51. The van der Waals surface area contributed by atoms with E-state index in [0.29, 0.717) is 0 Å². The van der Waals surface area contributed by atoms with E-state index in [0.717, 1.165) is 24.5 Å². The van der Waals surface area contributed by atoms with Crippen LogP contribution in [0.1, 0.15) is 5.56 Å². The number of nitrogens with one attached hydrogen (secondary N) is 1. The summed E-state index contributed by atoms with van der Waals surface area (Å²) in [6.45, 7) is -1.25. The third kappa shape index (κ3) is 3.54. The van der Waals surface area contributed by atoms with E-state index >= 15 is 0 Å². The molecule has 1 aromatic carbocycles. The predicted molar refractivity (Wildman–Crippen MR) is 74.8 cm³/mol. The molecule has 10 heteroatoms. The van der Waals surface area contributed by atoms with Crippen molar-refractivity contribution < 1.29 is 26.7 Å². The van der Waals surface area contributed by atoms with Gasteiger partial charge in [0.15, 0.2) is 5.60 Å². The van der Waals surface area contributed by atoms with Gasteiger partial charge in [-0.15, -0.1) is 0 Å². The van der Waals surface area contributed by atoms with Gasteiger partial charge in [0.2, 0.25) is 10.0 Å². The van der Waals surface area contributed by atoms with Crippen LogP contribution in [0.3, 0.4) is 0 Å². The van der Waals surface area contributed by atoms with Crippen LogP contribution < -0.4 is 4.72 Å². The summed E-state index contributed by atoms with van der Waals surface area (Å²) in [4.78, 5) is -0.294. The number of sulfonamides is 1. The Morgan fingerprint density at radius 3 is 2.35 bits per heavy atom. The Hall–Kier alpha value is -1.91. The Labute approximate surface area is 130 Å². The average Bonchev–Trinajstić information content (AvgIpc) is 2.92. The van der Waals surface area contributed by atoms with Crippen LogP contribution in [0.5, 0.6) is 0 Å². The van der Waals surface area contributed by atoms with Crippen LogP contribution in [0, 0.1) is 0 Å². The zero-order valence-corrected chi connectivity index (χ0v) is 12.8. The molecule has 1 atom stereocenters. The fraction of sp³-hybridized carbons (Fsp3) is 0.308. The second-order valence-electron chi connectivity index (χ2n) is 4.90. The Morgan fingerprint density at radius 2 is 1.87 bits per heavy atom. The van der Waals surface area contributed by atoms with E-state index in [2.05, 4.69) is 5.10 Å². The summed E-state index contributed by atoms with van der Waals surface area (Å²) in [6.07, 6.45) is -2.93. The summed E-state index contributed by atoms with van der Waals surface area (Å²) in [6, 6.07) is 6.28. The van der Waals surface area contributed by atoms with Crippen LogP contribution in [-0.2, 0) is 22.7 Å². The molecule has 23 heavy (non-hydrogen) atoms. The van der Waals surface area contributed by atoms with E-state index in [-0.39, 0.29) is 4.90 Å². The van der Waals surface area contributed by atoms with Gasteiger partial charge in [-0.05, 0) is 5.56 Å². The van der Waals surface area contributed by atoms with Gasteiger partial charge in [-0.3, -0.25) is 4.68 Å². The van der Waals surface area contributed by atoms with Gasteiger partial charge in [-0.1, -0.05) is 30.3 Å². The van der Waals surface area contributed by atoms with Crippen LogP contribution >= 0.6 is 0 Å². The first-order valence-electron chi connectivity index (χ1n) is 6.39. The van der Waals surface area contributed by atoms with E-state index in [9.17, 15) is 26.7 Å². The largest absolute Gasteiger partial charge is 0.422 e. The first kappa shape index (κ1) is 17.4. The average molecular weight is 349 g/mol. The third-order valence-corrected chi connectivity index (χ3v) is 4.59. The predicted octanol–water partition coefficient (Wildman–Crippen LogP) is 1.15. The van der Waals surface area contributed by atoms with Crippen molar-refractivity contribution in [3.8, 4) is 0 Å². The molecule has 2 aromatic rings. The quantitative estimate of drug-likeness (QED) is 0.848. The molecule has 0 aliphatic heterocycles. The highest BCUT2D eigenvalue weighted by Crippen LogP contribution is 2.38. The lowest BCUT2D eigenvalue weighted by Crippen LogP contribution is -2.50. The Morgan fingerprint density at radius 1 is 1.26 bits per heavy atom. The second kappa shape index (κ2) is 5.95. The van der Waals surface area contributed by atoms with Crippen molar-refractivity contribution in [1.29, 1.82) is 0 Å². The Bertz CT molecular complexity index is 775. The fourth-order valence-corrected chi connectivity index (χ4v) is 2.94. The SMILES string of the molecule is Cn1cc(S(=O)(=O)NC[C@](O)(c2ccccc2)C(F)(F)F)cn1. The topological polar surface area (TPSA) is 84.2 Å². The molecule has 0 aliphatic rings. The molecule has 0 amide bonds. The fourth-order valence-electron chi connectivity index (χ4n) is 1.90. The summed E-state index contributed by atoms with van der Waals surface area (Å²) in [7, 11) is -2.77. The summed E-state index contributed by atoms with van der Waals surface area (Å²) < 4.78 is 66.8. The highest BCUT2D eigenvalue weighted by atomic mass is 32.2. The van der Waals surface area contributed by atoms with Crippen LogP contribution in [0.2, 0.25) is 0 Å². The number of halogens is 3. The van der Waals surface area contributed by atoms with Gasteiger partial charge in [0.1, 0.15) is 4.90 Å². The molecule has 6 nitrogen and oxygen atoms in total. The molecule has 0 aliphatic carbocycles. The van der Waals surface area contributed by atoms with Crippen molar-refractivity contribution in [2.45, 2.75) is 16.7 Å². The van der Waals surface area contributed by atoms with Crippen molar-refractivity contribution in [3.05, 3.63) is 48.3 Å². The molecule has 126 valence electrons. The number of hydrogen-bond acceptors (Lipinski definition) is 4. The summed E-state index contributed by atoms with van der Waals surface area (Å²) >= 11 is 0. The van der Waals surface area contributed by atoms with Crippen molar-refractivity contribution in [2.75, 3.05) is 6.54 Å². The molecule has 0 unspecified atom stereocenters. The molecule has 0 bridgehead atoms. The number of alkyl halides is 3. The minimum atomic E-state index is -5.06. The minimum Gasteiger partial charge on any atom is -0.375 e. The zero-order chi connectivity index (χ0) is 17.3. The van der Waals surface area contributed by atoms with E-state index in [4.69, 9.17) is 0 Å².